The van der Waals surface area contributed by atoms with E-state index < -0.39 is 0 Å². The molecule has 0 heterocycles. The topological polar surface area (TPSA) is 87.3 Å². The quantitative estimate of drug-likeness (QED) is 0.657. The van der Waals surface area contributed by atoms with Gasteiger partial charge in [0.2, 0.25) is 11.8 Å². The Bertz CT molecular complexity index is 554. The zero-order valence-corrected chi connectivity index (χ0v) is 13.8. The summed E-state index contributed by atoms with van der Waals surface area (Å²) in [5.41, 5.74) is 0.519. The highest BCUT2D eigenvalue weighted by Crippen LogP contribution is 2.23. The summed E-state index contributed by atoms with van der Waals surface area (Å²) in [5, 5.41) is 8.10. The van der Waals surface area contributed by atoms with Gasteiger partial charge in [-0.25, -0.2) is 0 Å². The van der Waals surface area contributed by atoms with Gasteiger partial charge in [-0.05, 0) is 25.0 Å². The molecular formula is C18H25N3O3. The van der Waals surface area contributed by atoms with Crippen molar-refractivity contribution in [3.8, 4) is 0 Å². The summed E-state index contributed by atoms with van der Waals surface area (Å²) >= 11 is 0. The highest BCUT2D eigenvalue weighted by atomic mass is 16.2. The third-order valence-corrected chi connectivity index (χ3v) is 4.17. The number of nitrogens with one attached hydrogen (secondary N) is 3. The number of benzene rings is 1. The Balaban J connectivity index is 1.56. The predicted octanol–water partition coefficient (Wildman–Crippen LogP) is 1.23. The van der Waals surface area contributed by atoms with Crippen molar-refractivity contribution in [2.24, 2.45) is 5.92 Å². The molecule has 6 heteroatoms. The maximum Gasteiger partial charge on any atom is 0.251 e. The van der Waals surface area contributed by atoms with Gasteiger partial charge in [0, 0.05) is 24.6 Å². The van der Waals surface area contributed by atoms with Crippen LogP contribution in [0, 0.1) is 5.92 Å². The van der Waals surface area contributed by atoms with E-state index >= 15 is 0 Å². The van der Waals surface area contributed by atoms with Crippen LogP contribution in [-0.2, 0) is 9.59 Å². The zero-order valence-electron chi connectivity index (χ0n) is 13.8. The maximum absolute atomic E-state index is 11.9. The summed E-state index contributed by atoms with van der Waals surface area (Å²) in [4.78, 5) is 35.4. The second kappa shape index (κ2) is 9.70. The van der Waals surface area contributed by atoms with E-state index in [1.807, 2.05) is 6.07 Å². The van der Waals surface area contributed by atoms with Crippen molar-refractivity contribution in [1.82, 2.24) is 16.0 Å². The van der Waals surface area contributed by atoms with Crippen molar-refractivity contribution in [3.63, 3.8) is 0 Å². The van der Waals surface area contributed by atoms with E-state index in [0.29, 0.717) is 18.7 Å². The monoisotopic (exact) mass is 331 g/mol. The highest BCUT2D eigenvalue weighted by Gasteiger charge is 2.20. The Morgan fingerprint density at radius 2 is 1.54 bits per heavy atom. The zero-order chi connectivity index (χ0) is 17.2. The summed E-state index contributed by atoms with van der Waals surface area (Å²) in [7, 11) is 0. The number of hydrogen-bond acceptors (Lipinski definition) is 3. The van der Waals surface area contributed by atoms with Gasteiger partial charge in [0.05, 0.1) is 6.54 Å². The van der Waals surface area contributed by atoms with Crippen LogP contribution < -0.4 is 16.0 Å². The molecular weight excluding hydrogens is 306 g/mol. The molecule has 1 fully saturated rings. The fourth-order valence-electron chi connectivity index (χ4n) is 2.81. The van der Waals surface area contributed by atoms with E-state index in [9.17, 15) is 14.4 Å². The Morgan fingerprint density at radius 3 is 2.25 bits per heavy atom. The lowest BCUT2D eigenvalue weighted by Crippen LogP contribution is -2.41. The second-order valence-electron chi connectivity index (χ2n) is 6.02. The van der Waals surface area contributed by atoms with Gasteiger partial charge in [-0.2, -0.15) is 0 Å². The Hall–Kier alpha value is -2.37. The molecule has 130 valence electrons. The molecule has 1 aromatic rings. The van der Waals surface area contributed by atoms with Crippen LogP contribution in [0.2, 0.25) is 0 Å². The van der Waals surface area contributed by atoms with Gasteiger partial charge >= 0.3 is 0 Å². The lowest BCUT2D eigenvalue weighted by atomic mass is 9.89. The van der Waals surface area contributed by atoms with Gasteiger partial charge in [0.1, 0.15) is 0 Å². The molecule has 6 nitrogen and oxygen atoms in total. The summed E-state index contributed by atoms with van der Waals surface area (Å²) in [6, 6.07) is 8.74. The Morgan fingerprint density at radius 1 is 0.875 bits per heavy atom. The molecule has 1 saturated carbocycles. The van der Waals surface area contributed by atoms with Crippen LogP contribution in [0.3, 0.4) is 0 Å². The smallest absolute Gasteiger partial charge is 0.251 e. The minimum atomic E-state index is -0.281. The summed E-state index contributed by atoms with van der Waals surface area (Å²) in [6.07, 6.45) is 5.38. The summed E-state index contributed by atoms with van der Waals surface area (Å²) in [6.45, 7) is 0.691. The van der Waals surface area contributed by atoms with E-state index in [-0.39, 0.29) is 30.2 Å². The van der Waals surface area contributed by atoms with E-state index in [2.05, 4.69) is 16.0 Å². The average molecular weight is 331 g/mol. The molecule has 1 aromatic carbocycles. The molecule has 3 amide bonds. The minimum Gasteiger partial charge on any atom is -0.354 e. The molecule has 3 N–H and O–H groups in total. The van der Waals surface area contributed by atoms with Crippen LogP contribution in [0.25, 0.3) is 0 Å². The van der Waals surface area contributed by atoms with Crippen LogP contribution in [0.1, 0.15) is 42.5 Å². The number of amides is 3. The molecule has 0 unspecified atom stereocenters. The molecule has 0 aliphatic heterocycles. The van der Waals surface area contributed by atoms with Gasteiger partial charge in [0.15, 0.2) is 0 Å². The number of carbonyl (C=O) groups is 3. The van der Waals surface area contributed by atoms with E-state index in [1.165, 1.54) is 6.42 Å². The first-order chi connectivity index (χ1) is 11.7. The van der Waals surface area contributed by atoms with Crippen LogP contribution in [0.15, 0.2) is 30.3 Å². The van der Waals surface area contributed by atoms with Gasteiger partial charge in [-0.1, -0.05) is 37.5 Å². The molecule has 0 spiro atoms. The van der Waals surface area contributed by atoms with Crippen molar-refractivity contribution < 1.29 is 14.4 Å². The predicted molar refractivity (Wildman–Crippen MR) is 91.4 cm³/mol. The van der Waals surface area contributed by atoms with Crippen molar-refractivity contribution in [1.29, 1.82) is 0 Å². The first-order valence-corrected chi connectivity index (χ1v) is 8.54. The van der Waals surface area contributed by atoms with Crippen molar-refractivity contribution in [2.45, 2.75) is 32.1 Å². The van der Waals surface area contributed by atoms with Gasteiger partial charge < -0.3 is 16.0 Å². The molecule has 0 radical (unpaired) electrons. The third-order valence-electron chi connectivity index (χ3n) is 4.17. The minimum absolute atomic E-state index is 0.0791. The maximum atomic E-state index is 11.9. The largest absolute Gasteiger partial charge is 0.354 e. The Labute approximate surface area is 142 Å². The fourth-order valence-corrected chi connectivity index (χ4v) is 2.81. The molecule has 2 rings (SSSR count). The number of rotatable bonds is 7. The fraction of sp³-hybridized carbons (Fsp3) is 0.500. The van der Waals surface area contributed by atoms with Gasteiger partial charge in [0.25, 0.3) is 5.91 Å². The van der Waals surface area contributed by atoms with Crippen LogP contribution in [0.4, 0.5) is 0 Å². The summed E-state index contributed by atoms with van der Waals surface area (Å²) in [5.74, 6) is -0.344. The number of carbonyl (C=O) groups excluding carboxylic acids is 3. The van der Waals surface area contributed by atoms with E-state index in [4.69, 9.17) is 0 Å². The Kier molecular flexibility index (Phi) is 7.26. The highest BCUT2D eigenvalue weighted by molar-refractivity contribution is 5.96. The molecule has 0 atom stereocenters. The molecule has 0 aromatic heterocycles. The first-order valence-electron chi connectivity index (χ1n) is 8.54. The van der Waals surface area contributed by atoms with E-state index in [1.54, 1.807) is 24.3 Å². The molecule has 0 bridgehead atoms. The average Bonchev–Trinajstić information content (AvgIpc) is 2.64. The molecule has 24 heavy (non-hydrogen) atoms. The normalized spacial score (nSPS) is 14.7. The molecule has 1 aliphatic carbocycles. The molecule has 0 saturated heterocycles. The van der Waals surface area contributed by atoms with E-state index in [0.717, 1.165) is 25.7 Å². The third kappa shape index (κ3) is 6.02. The van der Waals surface area contributed by atoms with Crippen LogP contribution in [-0.4, -0.2) is 37.4 Å². The van der Waals surface area contributed by atoms with Crippen molar-refractivity contribution in [2.75, 3.05) is 19.6 Å². The first kappa shape index (κ1) is 18.0. The SMILES string of the molecule is O=C(CNC(=O)c1ccccc1)NCCNC(=O)C1CCCCC1. The lowest BCUT2D eigenvalue weighted by Gasteiger charge is -2.20. The van der Waals surface area contributed by atoms with Crippen molar-refractivity contribution in [3.05, 3.63) is 35.9 Å². The second-order valence-corrected chi connectivity index (χ2v) is 6.02. The van der Waals surface area contributed by atoms with Crippen LogP contribution >= 0.6 is 0 Å². The standard InChI is InChI=1S/C18H25N3O3/c22-16(13-21-18(24)15-9-5-2-6-10-15)19-11-12-20-17(23)14-7-3-1-4-8-14/h2,5-6,9-10,14H,1,3-4,7-8,11-13H2,(H,19,22)(H,20,23)(H,21,24). The number of hydrogen-bond donors (Lipinski definition) is 3. The van der Waals surface area contributed by atoms with Crippen LogP contribution in [0.5, 0.6) is 0 Å². The summed E-state index contributed by atoms with van der Waals surface area (Å²) < 4.78 is 0. The van der Waals surface area contributed by atoms with Gasteiger partial charge in [-0.15, -0.1) is 0 Å². The van der Waals surface area contributed by atoms with Gasteiger partial charge in [-0.3, -0.25) is 14.4 Å². The lowest BCUT2D eigenvalue weighted by molar-refractivity contribution is -0.126. The van der Waals surface area contributed by atoms with Crippen molar-refractivity contribution >= 4 is 17.7 Å². The molecule has 1 aliphatic rings.